The van der Waals surface area contributed by atoms with Crippen LogP contribution in [0, 0.1) is 0 Å². The van der Waals surface area contributed by atoms with E-state index < -0.39 is 11.4 Å². The summed E-state index contributed by atoms with van der Waals surface area (Å²) in [6, 6.07) is 0. The van der Waals surface area contributed by atoms with E-state index in [0.717, 1.165) is 25.7 Å². The molecule has 0 rings (SSSR count). The van der Waals surface area contributed by atoms with E-state index in [1.165, 1.54) is 180 Å². The van der Waals surface area contributed by atoms with Gasteiger partial charge in [0, 0.05) is 21.1 Å². The second-order valence-corrected chi connectivity index (χ2v) is 24.1. The maximum Gasteiger partial charge on any atom is 0.0563 e. The van der Waals surface area contributed by atoms with E-state index in [-0.39, 0.29) is 48.1 Å². The zero-order chi connectivity index (χ0) is 37.3. The van der Waals surface area contributed by atoms with Gasteiger partial charge in [0.25, 0.3) is 0 Å². The van der Waals surface area contributed by atoms with Gasteiger partial charge in [0.15, 0.2) is 0 Å². The first-order valence-electron chi connectivity index (χ1n) is 21.4. The molecule has 0 spiro atoms. The maximum atomic E-state index is 5.67. The van der Waals surface area contributed by atoms with Gasteiger partial charge in [-0.15, -0.1) is 0 Å². The average molecular weight is 979 g/mol. The van der Waals surface area contributed by atoms with Crippen LogP contribution < -0.4 is 0 Å². The van der Waals surface area contributed by atoms with Crippen LogP contribution in [0.3, 0.4) is 0 Å². The van der Waals surface area contributed by atoms with Crippen LogP contribution in [0.5, 0.6) is 0 Å². The topological polar surface area (TPSA) is 36.9 Å². The number of hydrogen-bond acceptors (Lipinski definition) is 8. The van der Waals surface area contributed by atoms with E-state index in [4.69, 9.17) is 66.2 Å². The molecule has 0 aromatic rings. The molecule has 0 saturated carbocycles. The molecule has 0 saturated heterocycles. The minimum atomic E-state index is -2.42. The molecule has 0 aliphatic carbocycles. The van der Waals surface area contributed by atoms with E-state index in [0.29, 0.717) is 26.4 Å². The summed E-state index contributed by atoms with van der Waals surface area (Å²) in [5.74, 6) is 0. The number of unbranched alkanes of at least 4 members (excludes halogenated alkanes) is 28. The first-order valence-corrected chi connectivity index (χ1v) is 28.7. The van der Waals surface area contributed by atoms with E-state index in [2.05, 4.69) is 27.7 Å². The third-order valence-corrected chi connectivity index (χ3v) is 13.5. The molecule has 0 aromatic heterocycles. The van der Waals surface area contributed by atoms with Crippen LogP contribution in [0.15, 0.2) is 0 Å². The Bertz CT molecular complexity index is 650. The van der Waals surface area contributed by atoms with Gasteiger partial charge in [-0.25, -0.2) is 0 Å². The molecule has 0 unspecified atom stereocenters. The van der Waals surface area contributed by atoms with Gasteiger partial charge in [0.2, 0.25) is 0 Å². The maximum absolute atomic E-state index is 5.67. The smallest absolute Gasteiger partial charge is 0.0563 e. The molecule has 53 heavy (non-hydrogen) atoms. The minimum absolute atomic E-state index is 0. The van der Waals surface area contributed by atoms with Crippen molar-refractivity contribution in [2.24, 2.45) is 0 Å². The molecule has 4 nitrogen and oxygen atoms in total. The summed E-state index contributed by atoms with van der Waals surface area (Å²) in [6.07, 6.45) is 41.4. The minimum Gasteiger partial charge on any atom is -2.00 e. The molecular formula is C40H84MoO4P2S6-6. The first kappa shape index (κ1) is 65.4. The normalized spacial score (nSPS) is 11.3. The van der Waals surface area contributed by atoms with Gasteiger partial charge in [0.1, 0.15) is 0 Å². The Hall–Kier alpha value is 3.23. The molecule has 13 heteroatoms. The van der Waals surface area contributed by atoms with E-state index in [9.17, 15) is 0 Å². The molecule has 0 heterocycles. The summed E-state index contributed by atoms with van der Waals surface area (Å²) in [4.78, 5) is 0. The standard InChI is InChI=1S/2C20H43O2PS2.Mo.2S/c2*1-3-5-7-9-11-13-15-17-19-21-23(24,25)22-20-18-16-14-12-10-8-6-4-2;;;/h2*3-20H2,1-2H3,(H,24,25);;;/q;;;2*-2/p-2. The van der Waals surface area contributed by atoms with Crippen molar-refractivity contribution in [3.8, 4) is 0 Å². The SMILES string of the molecule is CCCCCCCCCCOP(=S)([S-])OCCCCCCCCCC.CCCCCCCCCCOP(=S)([S-])OCCCCCCCCCC.[Mo].[S-2].[S-2]. The fourth-order valence-corrected chi connectivity index (χ4v) is 9.07. The second kappa shape index (κ2) is 53.2. The van der Waals surface area contributed by atoms with Crippen LogP contribution in [-0.4, -0.2) is 26.4 Å². The van der Waals surface area contributed by atoms with Gasteiger partial charge >= 0.3 is 0 Å². The monoisotopic (exact) mass is 980 g/mol. The fourth-order valence-electron chi connectivity index (χ4n) is 5.72. The summed E-state index contributed by atoms with van der Waals surface area (Å²) in [6.45, 7) is 11.7. The molecule has 0 aromatic carbocycles. The van der Waals surface area contributed by atoms with Gasteiger partial charge in [-0.05, 0) is 25.7 Å². The molecular weight excluding hydrogens is 895 g/mol. The Morgan fingerprint density at radius 1 is 0.302 bits per heavy atom. The third kappa shape index (κ3) is 59.6. The molecule has 326 valence electrons. The summed E-state index contributed by atoms with van der Waals surface area (Å²) in [5, 5.41) is 0. The predicted molar refractivity (Wildman–Crippen MR) is 252 cm³/mol. The molecule has 0 bridgehead atoms. The van der Waals surface area contributed by atoms with Gasteiger partial charge < -0.3 is 69.6 Å². The van der Waals surface area contributed by atoms with E-state index in [1.54, 1.807) is 0 Å². The molecule has 0 N–H and O–H groups in total. The fraction of sp³-hybridized carbons (Fsp3) is 1.00. The van der Waals surface area contributed by atoms with E-state index in [1.807, 2.05) is 0 Å². The van der Waals surface area contributed by atoms with Gasteiger partial charge in [0.05, 0.1) is 37.8 Å². The predicted octanol–water partition coefficient (Wildman–Crippen LogP) is 16.1. The Labute approximate surface area is 382 Å². The van der Waals surface area contributed by atoms with Crippen molar-refractivity contribution < 1.29 is 39.2 Å². The molecule has 0 atom stereocenters. The molecule has 0 aliphatic heterocycles. The second-order valence-electron chi connectivity index (χ2n) is 14.1. The van der Waals surface area contributed by atoms with Crippen molar-refractivity contribution in [1.82, 2.24) is 0 Å². The van der Waals surface area contributed by atoms with Gasteiger partial charge in [-0.2, -0.15) is 0 Å². The van der Waals surface area contributed by atoms with Crippen LogP contribution >= 0.6 is 11.4 Å². The Morgan fingerprint density at radius 3 is 0.585 bits per heavy atom. The summed E-state index contributed by atoms with van der Waals surface area (Å²) < 4.78 is 22.7. The quantitative estimate of drug-likeness (QED) is 0.0260. The first-order chi connectivity index (χ1) is 24.2. The average Bonchev–Trinajstić information content (AvgIpc) is 3.09. The third-order valence-electron chi connectivity index (χ3n) is 8.99. The van der Waals surface area contributed by atoms with Crippen LogP contribution in [0.2, 0.25) is 0 Å². The zero-order valence-corrected chi connectivity index (χ0v) is 43.5. The summed E-state index contributed by atoms with van der Waals surface area (Å²) in [5.41, 5.74) is -4.83. The molecule has 0 fully saturated rings. The summed E-state index contributed by atoms with van der Waals surface area (Å²) >= 11 is 21.3. The van der Waals surface area contributed by atoms with Crippen molar-refractivity contribution in [2.75, 3.05) is 26.4 Å². The summed E-state index contributed by atoms with van der Waals surface area (Å²) in [7, 11) is 0. The van der Waals surface area contributed by atoms with Crippen molar-refractivity contribution in [1.29, 1.82) is 0 Å². The Balaban J connectivity index is -0.000000274. The van der Waals surface area contributed by atoms with Crippen LogP contribution in [0.25, 0.3) is 0 Å². The van der Waals surface area contributed by atoms with Crippen molar-refractivity contribution in [3.05, 3.63) is 0 Å². The van der Waals surface area contributed by atoms with Crippen molar-refractivity contribution >= 4 is 86.5 Å². The number of hydrogen-bond donors (Lipinski definition) is 0. The molecule has 0 radical (unpaired) electrons. The van der Waals surface area contributed by atoms with Gasteiger partial charge in [-0.1, -0.05) is 231 Å². The Kier molecular flexibility index (Phi) is 65.7. The molecule has 0 aliphatic rings. The van der Waals surface area contributed by atoms with E-state index >= 15 is 0 Å². The Morgan fingerprint density at radius 2 is 0.434 bits per heavy atom. The van der Waals surface area contributed by atoms with Gasteiger partial charge in [-0.3, -0.25) is 0 Å². The largest absolute Gasteiger partial charge is 2.00 e. The van der Waals surface area contributed by atoms with Crippen molar-refractivity contribution in [3.63, 3.8) is 0 Å². The molecule has 0 amide bonds. The van der Waals surface area contributed by atoms with Crippen LogP contribution in [-0.2, 0) is 114 Å². The van der Waals surface area contributed by atoms with Crippen LogP contribution in [0.4, 0.5) is 0 Å². The zero-order valence-electron chi connectivity index (χ0n) is 34.8. The van der Waals surface area contributed by atoms with Crippen LogP contribution in [0.1, 0.15) is 233 Å². The van der Waals surface area contributed by atoms with Crippen molar-refractivity contribution in [2.45, 2.75) is 233 Å². The number of rotatable bonds is 40.